The molecular weight excluding hydrogens is 246 g/mol. The van der Waals surface area contributed by atoms with Gasteiger partial charge in [-0.2, -0.15) is 11.8 Å². The summed E-state index contributed by atoms with van der Waals surface area (Å²) in [5.41, 5.74) is 0. The zero-order valence-electron chi connectivity index (χ0n) is 12.4. The monoisotopic (exact) mass is 275 g/mol. The third-order valence-electron chi connectivity index (χ3n) is 2.79. The fourth-order valence-electron chi connectivity index (χ4n) is 1.66. The minimum Gasteiger partial charge on any atom is -0.381 e. The molecule has 0 N–H and O–H groups in total. The molecule has 0 saturated heterocycles. The normalized spacial score (nSPS) is 10.9. The van der Waals surface area contributed by atoms with Crippen LogP contribution in [0.4, 0.5) is 0 Å². The summed E-state index contributed by atoms with van der Waals surface area (Å²) < 4.78 is 5.56. The van der Waals surface area contributed by atoms with Crippen molar-refractivity contribution in [2.45, 2.75) is 39.5 Å². The molecule has 0 aliphatic rings. The molecule has 0 heterocycles. The first kappa shape index (κ1) is 17.8. The van der Waals surface area contributed by atoms with Gasteiger partial charge in [-0.3, -0.25) is 4.79 Å². The van der Waals surface area contributed by atoms with Crippen molar-refractivity contribution < 1.29 is 9.53 Å². The Morgan fingerprint density at radius 3 is 2.33 bits per heavy atom. The van der Waals surface area contributed by atoms with Crippen LogP contribution in [0.2, 0.25) is 0 Å². The van der Waals surface area contributed by atoms with Crippen molar-refractivity contribution in [3.8, 4) is 0 Å². The Morgan fingerprint density at radius 2 is 1.78 bits per heavy atom. The standard InChI is InChI=1S/C14H29NO2S/c1-13(2)14(16)15(3)9-5-6-10-17-11-7-8-12-18-4/h13H,5-12H2,1-4H3. The van der Waals surface area contributed by atoms with E-state index in [2.05, 4.69) is 6.26 Å². The molecule has 0 aromatic rings. The van der Waals surface area contributed by atoms with Crippen LogP contribution in [-0.2, 0) is 9.53 Å². The van der Waals surface area contributed by atoms with Gasteiger partial charge in [-0.15, -0.1) is 0 Å². The zero-order chi connectivity index (χ0) is 13.8. The molecule has 0 aliphatic carbocycles. The van der Waals surface area contributed by atoms with Crippen molar-refractivity contribution in [3.63, 3.8) is 0 Å². The number of carbonyl (C=O) groups is 1. The molecule has 0 bridgehead atoms. The fraction of sp³-hybridized carbons (Fsp3) is 0.929. The molecular formula is C14H29NO2S. The first-order valence-electron chi connectivity index (χ1n) is 6.91. The summed E-state index contributed by atoms with van der Waals surface area (Å²) in [6.45, 7) is 6.42. The third-order valence-corrected chi connectivity index (χ3v) is 3.49. The second-order valence-corrected chi connectivity index (χ2v) is 5.92. The van der Waals surface area contributed by atoms with Gasteiger partial charge in [-0.05, 0) is 37.7 Å². The van der Waals surface area contributed by atoms with Crippen molar-refractivity contribution in [3.05, 3.63) is 0 Å². The number of unbranched alkanes of at least 4 members (excludes halogenated alkanes) is 2. The molecule has 3 nitrogen and oxygen atoms in total. The van der Waals surface area contributed by atoms with Crippen LogP contribution >= 0.6 is 11.8 Å². The average Bonchev–Trinajstić information content (AvgIpc) is 2.35. The van der Waals surface area contributed by atoms with Gasteiger partial charge in [0.15, 0.2) is 0 Å². The molecule has 1 amide bonds. The van der Waals surface area contributed by atoms with Gasteiger partial charge in [0.25, 0.3) is 0 Å². The molecule has 108 valence electrons. The van der Waals surface area contributed by atoms with Crippen molar-refractivity contribution in [1.82, 2.24) is 4.90 Å². The van der Waals surface area contributed by atoms with Crippen molar-refractivity contribution in [2.24, 2.45) is 5.92 Å². The van der Waals surface area contributed by atoms with Crippen LogP contribution in [-0.4, -0.2) is 49.6 Å². The predicted molar refractivity (Wildman–Crippen MR) is 80.1 cm³/mol. The number of amides is 1. The number of hydrogen-bond acceptors (Lipinski definition) is 3. The first-order chi connectivity index (χ1) is 8.59. The van der Waals surface area contributed by atoms with Crippen LogP contribution in [0.3, 0.4) is 0 Å². The molecule has 0 aromatic carbocycles. The fourth-order valence-corrected chi connectivity index (χ4v) is 2.15. The largest absolute Gasteiger partial charge is 0.381 e. The summed E-state index contributed by atoms with van der Waals surface area (Å²) in [6.07, 6.45) is 6.60. The molecule has 18 heavy (non-hydrogen) atoms. The maximum absolute atomic E-state index is 11.6. The summed E-state index contributed by atoms with van der Waals surface area (Å²) in [6, 6.07) is 0. The summed E-state index contributed by atoms with van der Waals surface area (Å²) in [5, 5.41) is 0. The molecule has 0 rings (SSSR count). The lowest BCUT2D eigenvalue weighted by molar-refractivity contribution is -0.133. The molecule has 0 unspecified atom stereocenters. The average molecular weight is 275 g/mol. The zero-order valence-corrected chi connectivity index (χ0v) is 13.2. The summed E-state index contributed by atoms with van der Waals surface area (Å²) >= 11 is 1.89. The third kappa shape index (κ3) is 9.77. The number of thioether (sulfide) groups is 1. The van der Waals surface area contributed by atoms with Crippen LogP contribution in [0.15, 0.2) is 0 Å². The maximum atomic E-state index is 11.6. The SMILES string of the molecule is CSCCCCOCCCCN(C)C(=O)C(C)C. The van der Waals surface area contributed by atoms with E-state index < -0.39 is 0 Å². The van der Waals surface area contributed by atoms with Gasteiger partial charge >= 0.3 is 0 Å². The molecule has 0 fully saturated rings. The lowest BCUT2D eigenvalue weighted by Crippen LogP contribution is -2.31. The van der Waals surface area contributed by atoms with E-state index >= 15 is 0 Å². The molecule has 0 atom stereocenters. The minimum atomic E-state index is 0.0997. The van der Waals surface area contributed by atoms with E-state index in [1.165, 1.54) is 12.2 Å². The second kappa shape index (κ2) is 11.8. The predicted octanol–water partition coefficient (Wildman–Crippen LogP) is 3.04. The number of carbonyl (C=O) groups excluding carboxylic acids is 1. The van der Waals surface area contributed by atoms with E-state index in [0.29, 0.717) is 0 Å². The highest BCUT2D eigenvalue weighted by molar-refractivity contribution is 7.98. The van der Waals surface area contributed by atoms with E-state index in [4.69, 9.17) is 4.74 Å². The maximum Gasteiger partial charge on any atom is 0.224 e. The highest BCUT2D eigenvalue weighted by atomic mass is 32.2. The highest BCUT2D eigenvalue weighted by Gasteiger charge is 2.11. The Bertz CT molecular complexity index is 210. The number of hydrogen-bond donors (Lipinski definition) is 0. The van der Waals surface area contributed by atoms with E-state index in [1.807, 2.05) is 37.6 Å². The smallest absolute Gasteiger partial charge is 0.224 e. The van der Waals surface area contributed by atoms with Gasteiger partial charge in [0.05, 0.1) is 0 Å². The van der Waals surface area contributed by atoms with Crippen LogP contribution in [0.25, 0.3) is 0 Å². The summed E-state index contributed by atoms with van der Waals surface area (Å²) in [7, 11) is 1.88. The van der Waals surface area contributed by atoms with Crippen LogP contribution < -0.4 is 0 Å². The molecule has 0 aromatic heterocycles. The quantitative estimate of drug-likeness (QED) is 0.543. The van der Waals surface area contributed by atoms with E-state index in [9.17, 15) is 4.79 Å². The molecule has 0 saturated carbocycles. The Morgan fingerprint density at radius 1 is 1.17 bits per heavy atom. The van der Waals surface area contributed by atoms with Crippen LogP contribution in [0.5, 0.6) is 0 Å². The van der Waals surface area contributed by atoms with Crippen molar-refractivity contribution >= 4 is 17.7 Å². The lowest BCUT2D eigenvalue weighted by atomic mass is 10.2. The molecule has 0 radical (unpaired) electrons. The van der Waals surface area contributed by atoms with Gasteiger partial charge < -0.3 is 9.64 Å². The van der Waals surface area contributed by atoms with E-state index in [0.717, 1.165) is 39.0 Å². The number of rotatable bonds is 11. The number of nitrogens with zero attached hydrogens (tertiary/aromatic N) is 1. The minimum absolute atomic E-state index is 0.0997. The van der Waals surface area contributed by atoms with Gasteiger partial charge in [-0.1, -0.05) is 13.8 Å². The Hall–Kier alpha value is -0.220. The summed E-state index contributed by atoms with van der Waals surface area (Å²) in [4.78, 5) is 13.4. The Kier molecular flexibility index (Phi) is 11.7. The van der Waals surface area contributed by atoms with Crippen LogP contribution in [0.1, 0.15) is 39.5 Å². The lowest BCUT2D eigenvalue weighted by Gasteiger charge is -2.19. The van der Waals surface area contributed by atoms with Gasteiger partial charge in [0.2, 0.25) is 5.91 Å². The van der Waals surface area contributed by atoms with Crippen LogP contribution in [0, 0.1) is 5.92 Å². The molecule has 4 heteroatoms. The highest BCUT2D eigenvalue weighted by Crippen LogP contribution is 2.02. The van der Waals surface area contributed by atoms with Crippen molar-refractivity contribution in [1.29, 1.82) is 0 Å². The van der Waals surface area contributed by atoms with Gasteiger partial charge in [0.1, 0.15) is 0 Å². The Labute approximate surface area is 117 Å². The summed E-state index contributed by atoms with van der Waals surface area (Å²) in [5.74, 6) is 1.56. The van der Waals surface area contributed by atoms with Crippen molar-refractivity contribution in [2.75, 3.05) is 38.8 Å². The topological polar surface area (TPSA) is 29.5 Å². The number of ether oxygens (including phenoxy) is 1. The second-order valence-electron chi connectivity index (χ2n) is 4.93. The Balaban J connectivity index is 3.27. The molecule has 0 aliphatic heterocycles. The van der Waals surface area contributed by atoms with E-state index in [-0.39, 0.29) is 11.8 Å². The molecule has 0 spiro atoms. The van der Waals surface area contributed by atoms with Gasteiger partial charge in [-0.25, -0.2) is 0 Å². The first-order valence-corrected chi connectivity index (χ1v) is 8.30. The van der Waals surface area contributed by atoms with E-state index in [1.54, 1.807) is 0 Å². The van der Waals surface area contributed by atoms with Gasteiger partial charge in [0, 0.05) is 32.7 Å².